The highest BCUT2D eigenvalue weighted by Crippen LogP contribution is 2.45. The van der Waals surface area contributed by atoms with E-state index in [2.05, 4.69) is 0 Å². The summed E-state index contributed by atoms with van der Waals surface area (Å²) < 4.78 is 11.6. The van der Waals surface area contributed by atoms with Crippen LogP contribution in [0.2, 0.25) is 0 Å². The van der Waals surface area contributed by atoms with Crippen LogP contribution < -0.4 is 0 Å². The number of allylic oxidation sites excluding steroid dienone is 1. The van der Waals surface area contributed by atoms with Crippen molar-refractivity contribution in [2.75, 3.05) is 0 Å². The number of hydrogen-bond acceptors (Lipinski definition) is 3. The number of carbonyl (C=O) groups excluding carboxylic acids is 1. The van der Waals surface area contributed by atoms with Gasteiger partial charge in [0.15, 0.2) is 0 Å². The number of aldehydes is 1. The molecular formula is C12H19BO3. The summed E-state index contributed by atoms with van der Waals surface area (Å²) >= 11 is 0. The van der Waals surface area contributed by atoms with Crippen LogP contribution in [-0.4, -0.2) is 24.6 Å². The maximum absolute atomic E-state index is 10.8. The first-order chi connectivity index (χ1) is 7.30. The average Bonchev–Trinajstić information content (AvgIpc) is 2.89. The molecule has 2 rings (SSSR count). The van der Waals surface area contributed by atoms with E-state index in [0.29, 0.717) is 0 Å². The lowest BCUT2D eigenvalue weighted by Crippen LogP contribution is -2.41. The molecule has 2 fully saturated rings. The Balaban J connectivity index is 2.02. The predicted molar refractivity (Wildman–Crippen MR) is 63.0 cm³/mol. The average molecular weight is 222 g/mol. The summed E-state index contributed by atoms with van der Waals surface area (Å²) in [5.41, 5.74) is -0.830. The van der Waals surface area contributed by atoms with Gasteiger partial charge >= 0.3 is 7.12 Å². The summed E-state index contributed by atoms with van der Waals surface area (Å²) in [6.45, 7) is 8.09. The molecule has 1 aliphatic carbocycles. The van der Waals surface area contributed by atoms with Crippen molar-refractivity contribution in [3.05, 3.63) is 12.1 Å². The van der Waals surface area contributed by atoms with Gasteiger partial charge in [0.2, 0.25) is 0 Å². The molecule has 0 spiro atoms. The van der Waals surface area contributed by atoms with Crippen LogP contribution in [0.1, 0.15) is 40.5 Å². The third kappa shape index (κ3) is 1.96. The van der Waals surface area contributed by atoms with Crippen molar-refractivity contribution in [2.45, 2.75) is 51.7 Å². The molecule has 1 saturated carbocycles. The molecule has 4 heteroatoms. The van der Waals surface area contributed by atoms with Gasteiger partial charge in [-0.15, -0.1) is 0 Å². The van der Waals surface area contributed by atoms with Crippen molar-refractivity contribution in [3.63, 3.8) is 0 Å². The molecule has 0 aromatic carbocycles. The van der Waals surface area contributed by atoms with Crippen LogP contribution in [0.4, 0.5) is 0 Å². The van der Waals surface area contributed by atoms with E-state index in [1.165, 1.54) is 0 Å². The van der Waals surface area contributed by atoms with Crippen molar-refractivity contribution in [3.8, 4) is 0 Å². The molecule has 1 aliphatic heterocycles. The van der Waals surface area contributed by atoms with E-state index in [1.807, 2.05) is 39.7 Å². The van der Waals surface area contributed by atoms with Crippen molar-refractivity contribution in [1.82, 2.24) is 0 Å². The molecule has 0 N–H and O–H groups in total. The standard InChI is InChI=1S/C12H19BO3/c1-10(2)11(3,4)16-13(15-10)8-7-12(9-14)5-6-12/h7-9H,5-6H2,1-4H3/b8-7+. The SMILES string of the molecule is CC1(C)OB(/C=C/C2(C=O)CC2)OC1(C)C. The van der Waals surface area contributed by atoms with Gasteiger partial charge < -0.3 is 14.1 Å². The Morgan fingerprint density at radius 1 is 1.06 bits per heavy atom. The third-order valence-electron chi connectivity index (χ3n) is 3.92. The second-order valence-corrected chi connectivity index (χ2v) is 5.83. The first-order valence-corrected chi connectivity index (χ1v) is 5.82. The first kappa shape index (κ1) is 11.9. The maximum Gasteiger partial charge on any atom is 0.486 e. The molecular weight excluding hydrogens is 203 g/mol. The van der Waals surface area contributed by atoms with E-state index >= 15 is 0 Å². The fourth-order valence-electron chi connectivity index (χ4n) is 1.71. The second-order valence-electron chi connectivity index (χ2n) is 5.83. The van der Waals surface area contributed by atoms with Gasteiger partial charge in [-0.25, -0.2) is 0 Å². The molecule has 16 heavy (non-hydrogen) atoms. The minimum Gasteiger partial charge on any atom is -0.400 e. The molecule has 88 valence electrons. The lowest BCUT2D eigenvalue weighted by molar-refractivity contribution is -0.110. The van der Waals surface area contributed by atoms with Crippen LogP contribution in [0.15, 0.2) is 12.1 Å². The van der Waals surface area contributed by atoms with E-state index in [9.17, 15) is 4.79 Å². The number of hydrogen-bond donors (Lipinski definition) is 0. The Morgan fingerprint density at radius 3 is 1.94 bits per heavy atom. The minimum atomic E-state index is -0.331. The van der Waals surface area contributed by atoms with Gasteiger partial charge in [0.25, 0.3) is 0 Å². The van der Waals surface area contributed by atoms with Crippen molar-refractivity contribution in [2.24, 2.45) is 5.41 Å². The first-order valence-electron chi connectivity index (χ1n) is 5.82. The quantitative estimate of drug-likeness (QED) is 0.542. The third-order valence-corrected chi connectivity index (χ3v) is 3.92. The zero-order valence-corrected chi connectivity index (χ0v) is 10.4. The summed E-state index contributed by atoms with van der Waals surface area (Å²) in [6, 6.07) is 0. The van der Waals surface area contributed by atoms with Crippen LogP contribution in [0.25, 0.3) is 0 Å². The molecule has 0 aromatic rings. The molecule has 0 unspecified atom stereocenters. The Kier molecular flexibility index (Phi) is 2.55. The topological polar surface area (TPSA) is 35.5 Å². The second kappa shape index (κ2) is 3.44. The fraction of sp³-hybridized carbons (Fsp3) is 0.750. The van der Waals surface area contributed by atoms with Gasteiger partial charge in [-0.3, -0.25) is 0 Å². The summed E-state index contributed by atoms with van der Waals surface area (Å²) in [5.74, 6) is 1.87. The van der Waals surface area contributed by atoms with Crippen LogP contribution in [0.5, 0.6) is 0 Å². The Bertz CT molecular complexity index is 313. The van der Waals surface area contributed by atoms with E-state index in [4.69, 9.17) is 9.31 Å². The molecule has 0 aromatic heterocycles. The highest BCUT2D eigenvalue weighted by atomic mass is 16.7. The Labute approximate surface area is 97.3 Å². The zero-order chi connectivity index (χ0) is 12.0. The zero-order valence-electron chi connectivity index (χ0n) is 10.4. The monoisotopic (exact) mass is 222 g/mol. The number of carbonyl (C=O) groups is 1. The molecule has 0 atom stereocenters. The predicted octanol–water partition coefficient (Wildman–Crippen LogP) is 2.15. The lowest BCUT2D eigenvalue weighted by Gasteiger charge is -2.32. The van der Waals surface area contributed by atoms with Crippen LogP contribution in [-0.2, 0) is 14.1 Å². The maximum atomic E-state index is 10.8. The van der Waals surface area contributed by atoms with Crippen LogP contribution in [0.3, 0.4) is 0 Å². The van der Waals surface area contributed by atoms with E-state index in [1.54, 1.807) is 0 Å². The van der Waals surface area contributed by atoms with Gasteiger partial charge in [0.05, 0.1) is 11.2 Å². The van der Waals surface area contributed by atoms with Crippen LogP contribution >= 0.6 is 0 Å². The summed E-state index contributed by atoms with van der Waals surface area (Å²) in [4.78, 5) is 10.8. The normalized spacial score (nSPS) is 29.6. The fourth-order valence-corrected chi connectivity index (χ4v) is 1.71. The van der Waals surface area contributed by atoms with E-state index in [-0.39, 0.29) is 23.7 Å². The summed E-state index contributed by atoms with van der Waals surface area (Å²) in [7, 11) is -0.331. The summed E-state index contributed by atoms with van der Waals surface area (Å²) in [5, 5.41) is 0. The highest BCUT2D eigenvalue weighted by molar-refractivity contribution is 6.51. The van der Waals surface area contributed by atoms with Gasteiger partial charge in [-0.2, -0.15) is 0 Å². The molecule has 0 radical (unpaired) electrons. The Morgan fingerprint density at radius 2 is 1.56 bits per heavy atom. The van der Waals surface area contributed by atoms with E-state index < -0.39 is 0 Å². The van der Waals surface area contributed by atoms with Gasteiger partial charge in [0, 0.05) is 5.41 Å². The molecule has 1 saturated heterocycles. The van der Waals surface area contributed by atoms with Crippen LogP contribution in [0, 0.1) is 5.41 Å². The largest absolute Gasteiger partial charge is 0.486 e. The van der Waals surface area contributed by atoms with E-state index in [0.717, 1.165) is 19.1 Å². The molecule has 3 nitrogen and oxygen atoms in total. The molecule has 0 amide bonds. The molecule has 2 aliphatic rings. The van der Waals surface area contributed by atoms with Crippen molar-refractivity contribution < 1.29 is 14.1 Å². The molecule has 1 heterocycles. The van der Waals surface area contributed by atoms with Crippen molar-refractivity contribution in [1.29, 1.82) is 0 Å². The van der Waals surface area contributed by atoms with Crippen molar-refractivity contribution >= 4 is 13.4 Å². The highest BCUT2D eigenvalue weighted by Gasteiger charge is 2.50. The smallest absolute Gasteiger partial charge is 0.400 e. The minimum absolute atomic E-state index is 0.219. The van der Waals surface area contributed by atoms with Gasteiger partial charge in [-0.1, -0.05) is 12.1 Å². The molecule has 0 bridgehead atoms. The Hall–Kier alpha value is -0.605. The van der Waals surface area contributed by atoms with Gasteiger partial charge in [-0.05, 0) is 40.5 Å². The number of rotatable bonds is 3. The summed E-state index contributed by atoms with van der Waals surface area (Å²) in [6.07, 6.45) is 4.86. The lowest BCUT2D eigenvalue weighted by atomic mass is 9.87. The van der Waals surface area contributed by atoms with Gasteiger partial charge in [0.1, 0.15) is 6.29 Å².